The van der Waals surface area contributed by atoms with Crippen LogP contribution in [-0.2, 0) is 9.63 Å². The molecule has 2 heterocycles. The Hall–Kier alpha value is -1.88. The lowest BCUT2D eigenvalue weighted by atomic mass is 9.94. The van der Waals surface area contributed by atoms with E-state index in [1.807, 2.05) is 42.2 Å². The Bertz CT molecular complexity index is 565. The molecule has 1 fully saturated rings. The van der Waals surface area contributed by atoms with Gasteiger partial charge in [0.15, 0.2) is 0 Å². The summed E-state index contributed by atoms with van der Waals surface area (Å²) in [6.07, 6.45) is 0.532. The molecular weight excluding hydrogens is 278 g/mol. The number of nitrogens with zero attached hydrogens (tertiary/aromatic N) is 3. The van der Waals surface area contributed by atoms with Crippen LogP contribution in [0.3, 0.4) is 0 Å². The van der Waals surface area contributed by atoms with Crippen LogP contribution in [0.1, 0.15) is 25.8 Å². The highest BCUT2D eigenvalue weighted by Crippen LogP contribution is 2.29. The fraction of sp³-hybridized carbons (Fsp3) is 0.529. The Morgan fingerprint density at radius 2 is 1.91 bits per heavy atom. The van der Waals surface area contributed by atoms with Gasteiger partial charge in [0.1, 0.15) is 0 Å². The first-order valence-electron chi connectivity index (χ1n) is 7.94. The summed E-state index contributed by atoms with van der Waals surface area (Å²) in [5.41, 5.74) is 1.01. The first-order valence-corrected chi connectivity index (χ1v) is 7.94. The van der Waals surface area contributed by atoms with E-state index in [0.717, 1.165) is 44.0 Å². The highest BCUT2D eigenvalue weighted by atomic mass is 16.7. The Labute approximate surface area is 131 Å². The average molecular weight is 301 g/mol. The van der Waals surface area contributed by atoms with Gasteiger partial charge < -0.3 is 14.6 Å². The summed E-state index contributed by atoms with van der Waals surface area (Å²) < 4.78 is 0. The summed E-state index contributed by atoms with van der Waals surface area (Å²) in [7, 11) is 0. The lowest BCUT2D eigenvalue weighted by molar-refractivity contribution is -0.155. The van der Waals surface area contributed by atoms with Gasteiger partial charge in [-0.2, -0.15) is 0 Å². The summed E-state index contributed by atoms with van der Waals surface area (Å²) in [4.78, 5) is 22.6. The molecule has 0 saturated carbocycles. The number of carbonyl (C=O) groups excluding carboxylic acids is 1. The molecule has 0 radical (unpaired) electrons. The van der Waals surface area contributed by atoms with Crippen molar-refractivity contribution < 1.29 is 9.63 Å². The number of benzene rings is 1. The number of carbonyl (C=O) groups is 1. The highest BCUT2D eigenvalue weighted by Gasteiger charge is 2.45. The number of piperazine rings is 1. The zero-order valence-corrected chi connectivity index (χ0v) is 13.3. The van der Waals surface area contributed by atoms with Crippen molar-refractivity contribution in [1.82, 2.24) is 9.80 Å². The van der Waals surface area contributed by atoms with Crippen LogP contribution < -0.4 is 0 Å². The molecule has 0 N–H and O–H groups in total. The smallest absolute Gasteiger partial charge is 0.269 e. The second-order valence-corrected chi connectivity index (χ2v) is 6.13. The summed E-state index contributed by atoms with van der Waals surface area (Å²) in [6.45, 7) is 8.45. The van der Waals surface area contributed by atoms with E-state index in [4.69, 9.17) is 4.84 Å². The summed E-state index contributed by atoms with van der Waals surface area (Å²) in [5.74, 6) is 0.0536. The number of rotatable bonds is 3. The van der Waals surface area contributed by atoms with E-state index >= 15 is 0 Å². The lowest BCUT2D eigenvalue weighted by Crippen LogP contribution is -2.54. The molecule has 0 aliphatic carbocycles. The van der Waals surface area contributed by atoms with Crippen molar-refractivity contribution in [3.63, 3.8) is 0 Å². The van der Waals surface area contributed by atoms with Gasteiger partial charge in [0.25, 0.3) is 5.91 Å². The summed E-state index contributed by atoms with van der Waals surface area (Å²) >= 11 is 0. The molecule has 1 aromatic carbocycles. The van der Waals surface area contributed by atoms with Crippen molar-refractivity contribution in [3.05, 3.63) is 35.9 Å². The molecule has 5 nitrogen and oxygen atoms in total. The molecule has 1 saturated heterocycles. The number of likely N-dealkylation sites (N-methyl/N-ethyl adjacent to an activating group) is 1. The molecule has 118 valence electrons. The second kappa shape index (κ2) is 6.08. The molecule has 2 aliphatic rings. The Balaban J connectivity index is 1.65. The third-order valence-electron chi connectivity index (χ3n) is 4.53. The zero-order valence-electron chi connectivity index (χ0n) is 13.3. The van der Waals surface area contributed by atoms with Gasteiger partial charge in [0.05, 0.1) is 5.71 Å². The molecule has 2 aliphatic heterocycles. The van der Waals surface area contributed by atoms with Crippen LogP contribution in [0.4, 0.5) is 0 Å². The minimum Gasteiger partial charge on any atom is -0.379 e. The lowest BCUT2D eigenvalue weighted by Gasteiger charge is -2.37. The van der Waals surface area contributed by atoms with Crippen LogP contribution in [0.5, 0.6) is 0 Å². The van der Waals surface area contributed by atoms with Crippen molar-refractivity contribution in [2.24, 2.45) is 5.16 Å². The molecule has 1 amide bonds. The third-order valence-corrected chi connectivity index (χ3v) is 4.53. The van der Waals surface area contributed by atoms with Gasteiger partial charge in [0.2, 0.25) is 5.60 Å². The molecule has 0 bridgehead atoms. The molecule has 1 aromatic rings. The van der Waals surface area contributed by atoms with E-state index in [1.165, 1.54) is 0 Å². The van der Waals surface area contributed by atoms with Crippen molar-refractivity contribution in [2.75, 3.05) is 32.7 Å². The topological polar surface area (TPSA) is 45.1 Å². The number of amides is 1. The van der Waals surface area contributed by atoms with Crippen LogP contribution in [0.15, 0.2) is 35.5 Å². The number of hydrogen-bond acceptors (Lipinski definition) is 4. The number of oxime groups is 1. The van der Waals surface area contributed by atoms with E-state index in [9.17, 15) is 4.79 Å². The Kier molecular flexibility index (Phi) is 4.16. The van der Waals surface area contributed by atoms with Crippen molar-refractivity contribution >= 4 is 11.6 Å². The molecule has 1 unspecified atom stereocenters. The van der Waals surface area contributed by atoms with Crippen molar-refractivity contribution in [1.29, 1.82) is 0 Å². The third kappa shape index (κ3) is 2.86. The monoisotopic (exact) mass is 301 g/mol. The maximum Gasteiger partial charge on any atom is 0.269 e. The largest absolute Gasteiger partial charge is 0.379 e. The zero-order chi connectivity index (χ0) is 15.6. The van der Waals surface area contributed by atoms with Crippen LogP contribution >= 0.6 is 0 Å². The fourth-order valence-electron chi connectivity index (χ4n) is 3.04. The normalized spacial score (nSPS) is 25.7. The van der Waals surface area contributed by atoms with Crippen LogP contribution in [0.25, 0.3) is 0 Å². The van der Waals surface area contributed by atoms with E-state index < -0.39 is 5.60 Å². The average Bonchev–Trinajstić information content (AvgIpc) is 2.99. The van der Waals surface area contributed by atoms with Crippen LogP contribution in [-0.4, -0.2) is 59.7 Å². The molecule has 22 heavy (non-hydrogen) atoms. The van der Waals surface area contributed by atoms with Gasteiger partial charge >= 0.3 is 0 Å². The first-order chi connectivity index (χ1) is 10.6. The van der Waals surface area contributed by atoms with Crippen LogP contribution in [0.2, 0.25) is 0 Å². The standard InChI is InChI=1S/C17H23N3O2/c1-3-19-9-11-20(12-10-19)16(21)17(2)13-15(18-22-17)14-7-5-4-6-8-14/h4-8H,3,9-13H2,1-2H3. The van der Waals surface area contributed by atoms with E-state index in [-0.39, 0.29) is 5.91 Å². The minimum absolute atomic E-state index is 0.0536. The van der Waals surface area contributed by atoms with Gasteiger partial charge in [-0.1, -0.05) is 42.4 Å². The molecule has 3 rings (SSSR count). The summed E-state index contributed by atoms with van der Waals surface area (Å²) in [5, 5.41) is 4.16. The fourth-order valence-corrected chi connectivity index (χ4v) is 3.04. The first kappa shape index (κ1) is 15.0. The molecule has 0 aromatic heterocycles. The van der Waals surface area contributed by atoms with Gasteiger partial charge in [-0.25, -0.2) is 0 Å². The molecule has 0 spiro atoms. The quantitative estimate of drug-likeness (QED) is 0.854. The molecule has 1 atom stereocenters. The summed E-state index contributed by atoms with van der Waals surface area (Å²) in [6, 6.07) is 9.91. The van der Waals surface area contributed by atoms with Gasteiger partial charge in [-0.05, 0) is 19.0 Å². The minimum atomic E-state index is -0.862. The van der Waals surface area contributed by atoms with Gasteiger partial charge in [0, 0.05) is 32.6 Å². The molecular formula is C17H23N3O2. The van der Waals surface area contributed by atoms with Crippen molar-refractivity contribution in [2.45, 2.75) is 25.9 Å². The predicted molar refractivity (Wildman–Crippen MR) is 85.8 cm³/mol. The Morgan fingerprint density at radius 1 is 1.23 bits per heavy atom. The van der Waals surface area contributed by atoms with E-state index in [0.29, 0.717) is 6.42 Å². The Morgan fingerprint density at radius 3 is 2.55 bits per heavy atom. The predicted octanol–water partition coefficient (Wildman–Crippen LogP) is 1.73. The van der Waals surface area contributed by atoms with Gasteiger partial charge in [-0.15, -0.1) is 0 Å². The van der Waals surface area contributed by atoms with Crippen LogP contribution in [0, 0.1) is 0 Å². The van der Waals surface area contributed by atoms with E-state index in [1.54, 1.807) is 0 Å². The van der Waals surface area contributed by atoms with Gasteiger partial charge in [-0.3, -0.25) is 4.79 Å². The van der Waals surface area contributed by atoms with E-state index in [2.05, 4.69) is 17.0 Å². The highest BCUT2D eigenvalue weighted by molar-refractivity contribution is 6.05. The maximum atomic E-state index is 12.8. The second-order valence-electron chi connectivity index (χ2n) is 6.13. The van der Waals surface area contributed by atoms with Crippen molar-refractivity contribution in [3.8, 4) is 0 Å². The number of hydrogen-bond donors (Lipinski definition) is 0. The SMILES string of the molecule is CCN1CCN(C(=O)C2(C)CC(c3ccccc3)=NO2)CC1. The molecule has 5 heteroatoms. The maximum absolute atomic E-state index is 12.8.